The number of nitrogens with one attached hydrogen (secondary N) is 1. The van der Waals surface area contributed by atoms with E-state index in [9.17, 15) is 0 Å². The first-order chi connectivity index (χ1) is 8.33. The molecule has 2 aromatic heterocycles. The molecule has 0 aliphatic heterocycles. The molecule has 0 aliphatic carbocycles. The van der Waals surface area contributed by atoms with E-state index in [1.165, 1.54) is 0 Å². The van der Waals surface area contributed by atoms with Crippen molar-refractivity contribution in [1.29, 1.82) is 0 Å². The molecular formula is C11H16N6. The van der Waals surface area contributed by atoms with Gasteiger partial charge in [-0.15, -0.1) is 0 Å². The molecule has 90 valence electrons. The molecule has 6 heteroatoms. The van der Waals surface area contributed by atoms with Crippen molar-refractivity contribution in [3.8, 4) is 11.3 Å². The molecule has 3 N–H and O–H groups in total. The van der Waals surface area contributed by atoms with Crippen molar-refractivity contribution in [3.63, 3.8) is 0 Å². The van der Waals surface area contributed by atoms with Gasteiger partial charge in [0.1, 0.15) is 0 Å². The highest BCUT2D eigenvalue weighted by Crippen LogP contribution is 2.16. The molecule has 0 radical (unpaired) electrons. The Hall–Kier alpha value is -1.95. The van der Waals surface area contributed by atoms with Crippen LogP contribution in [0.25, 0.3) is 11.3 Å². The van der Waals surface area contributed by atoms with Crippen molar-refractivity contribution in [2.45, 2.75) is 13.5 Å². The summed E-state index contributed by atoms with van der Waals surface area (Å²) < 4.78 is 1.87. The Balaban J connectivity index is 2.20. The summed E-state index contributed by atoms with van der Waals surface area (Å²) in [6.07, 6.45) is 5.50. The zero-order chi connectivity index (χ0) is 12.1. The number of aromatic nitrogens is 4. The third kappa shape index (κ3) is 2.79. The number of anilines is 1. The van der Waals surface area contributed by atoms with Crippen LogP contribution in [-0.4, -0.2) is 32.8 Å². The predicted molar refractivity (Wildman–Crippen MR) is 66.5 cm³/mol. The lowest BCUT2D eigenvalue weighted by Gasteiger charge is -2.03. The Bertz CT molecular complexity index is 478. The maximum absolute atomic E-state index is 5.42. The first-order valence-corrected chi connectivity index (χ1v) is 5.63. The minimum absolute atomic E-state index is 0.557. The van der Waals surface area contributed by atoms with Crippen molar-refractivity contribution < 1.29 is 0 Å². The van der Waals surface area contributed by atoms with E-state index in [2.05, 4.69) is 20.4 Å². The first-order valence-electron chi connectivity index (χ1n) is 5.63. The van der Waals surface area contributed by atoms with Gasteiger partial charge in [0.05, 0.1) is 11.9 Å². The molecular weight excluding hydrogens is 216 g/mol. The molecule has 0 bridgehead atoms. The van der Waals surface area contributed by atoms with Crippen LogP contribution in [-0.2, 0) is 6.54 Å². The van der Waals surface area contributed by atoms with Gasteiger partial charge in [-0.25, -0.2) is 9.97 Å². The smallest absolute Gasteiger partial charge is 0.223 e. The summed E-state index contributed by atoms with van der Waals surface area (Å²) in [6.45, 7) is 4.12. The molecule has 2 heterocycles. The summed E-state index contributed by atoms with van der Waals surface area (Å²) in [5.41, 5.74) is 7.27. The minimum atomic E-state index is 0.557. The average Bonchev–Trinajstić information content (AvgIpc) is 2.85. The second kappa shape index (κ2) is 5.40. The number of hydrogen-bond donors (Lipinski definition) is 2. The lowest BCUT2D eigenvalue weighted by atomic mass is 10.2. The van der Waals surface area contributed by atoms with E-state index in [-0.39, 0.29) is 0 Å². The Kier molecular flexibility index (Phi) is 3.66. The molecule has 0 unspecified atom stereocenters. The molecule has 0 saturated heterocycles. The zero-order valence-electron chi connectivity index (χ0n) is 9.80. The normalized spacial score (nSPS) is 10.5. The van der Waals surface area contributed by atoms with Gasteiger partial charge in [-0.05, 0) is 13.0 Å². The molecule has 0 spiro atoms. The molecule has 2 aromatic rings. The number of aryl methyl sites for hydroxylation is 1. The monoisotopic (exact) mass is 232 g/mol. The Morgan fingerprint density at radius 2 is 2.35 bits per heavy atom. The SMILES string of the molecule is CCn1cc(-c2ccnc(NCCN)n2)cn1. The van der Waals surface area contributed by atoms with Gasteiger partial charge in [-0.3, -0.25) is 4.68 Å². The number of nitrogens with zero attached hydrogens (tertiary/aromatic N) is 4. The van der Waals surface area contributed by atoms with E-state index in [0.29, 0.717) is 19.0 Å². The fourth-order valence-corrected chi connectivity index (χ4v) is 1.46. The quantitative estimate of drug-likeness (QED) is 0.794. The summed E-state index contributed by atoms with van der Waals surface area (Å²) >= 11 is 0. The second-order valence-electron chi connectivity index (χ2n) is 3.57. The van der Waals surface area contributed by atoms with E-state index in [1.807, 2.05) is 23.9 Å². The summed E-state index contributed by atoms with van der Waals surface area (Å²) in [5.74, 6) is 0.595. The Labute approximate surface area is 99.9 Å². The van der Waals surface area contributed by atoms with Crippen LogP contribution in [0.15, 0.2) is 24.7 Å². The molecule has 0 aliphatic rings. The Morgan fingerprint density at radius 1 is 1.47 bits per heavy atom. The number of nitrogens with two attached hydrogens (primary N) is 1. The van der Waals surface area contributed by atoms with Gasteiger partial charge in [-0.2, -0.15) is 5.10 Å². The largest absolute Gasteiger partial charge is 0.353 e. The molecule has 0 saturated carbocycles. The number of hydrogen-bond acceptors (Lipinski definition) is 5. The van der Waals surface area contributed by atoms with Crippen LogP contribution in [0, 0.1) is 0 Å². The van der Waals surface area contributed by atoms with Crippen LogP contribution in [0.1, 0.15) is 6.92 Å². The van der Waals surface area contributed by atoms with Crippen LogP contribution in [0.3, 0.4) is 0 Å². The fraction of sp³-hybridized carbons (Fsp3) is 0.364. The number of rotatable bonds is 5. The molecule has 17 heavy (non-hydrogen) atoms. The Morgan fingerprint density at radius 3 is 3.06 bits per heavy atom. The van der Waals surface area contributed by atoms with Crippen LogP contribution in [0.5, 0.6) is 0 Å². The molecule has 0 amide bonds. The van der Waals surface area contributed by atoms with Gasteiger partial charge in [0.15, 0.2) is 0 Å². The molecule has 0 fully saturated rings. The van der Waals surface area contributed by atoms with E-state index >= 15 is 0 Å². The zero-order valence-corrected chi connectivity index (χ0v) is 9.80. The third-order valence-electron chi connectivity index (χ3n) is 2.34. The van der Waals surface area contributed by atoms with Crippen LogP contribution < -0.4 is 11.1 Å². The predicted octanol–water partition coefficient (Wildman–Crippen LogP) is 0.731. The highest BCUT2D eigenvalue weighted by molar-refractivity contribution is 5.57. The van der Waals surface area contributed by atoms with Crippen LogP contribution >= 0.6 is 0 Å². The van der Waals surface area contributed by atoms with Crippen molar-refractivity contribution in [2.24, 2.45) is 5.73 Å². The summed E-state index contributed by atoms with van der Waals surface area (Å²) in [7, 11) is 0. The van der Waals surface area contributed by atoms with Gasteiger partial charge >= 0.3 is 0 Å². The van der Waals surface area contributed by atoms with Gasteiger partial charge in [0.25, 0.3) is 0 Å². The topological polar surface area (TPSA) is 81.7 Å². The van der Waals surface area contributed by atoms with Gasteiger partial charge in [-0.1, -0.05) is 0 Å². The lowest BCUT2D eigenvalue weighted by Crippen LogP contribution is -2.14. The van der Waals surface area contributed by atoms with Crippen molar-refractivity contribution >= 4 is 5.95 Å². The van der Waals surface area contributed by atoms with Gasteiger partial charge in [0, 0.05) is 37.6 Å². The highest BCUT2D eigenvalue weighted by Gasteiger charge is 2.04. The van der Waals surface area contributed by atoms with Crippen molar-refractivity contribution in [1.82, 2.24) is 19.7 Å². The van der Waals surface area contributed by atoms with Crippen molar-refractivity contribution in [2.75, 3.05) is 18.4 Å². The van der Waals surface area contributed by atoms with Crippen LogP contribution in [0.4, 0.5) is 5.95 Å². The average molecular weight is 232 g/mol. The first kappa shape index (κ1) is 11.5. The van der Waals surface area contributed by atoms with Gasteiger partial charge < -0.3 is 11.1 Å². The summed E-state index contributed by atoms with van der Waals surface area (Å²) in [6, 6.07) is 1.87. The third-order valence-corrected chi connectivity index (χ3v) is 2.34. The molecule has 0 aromatic carbocycles. The summed E-state index contributed by atoms with van der Waals surface area (Å²) in [4.78, 5) is 8.52. The van der Waals surface area contributed by atoms with E-state index in [0.717, 1.165) is 17.8 Å². The minimum Gasteiger partial charge on any atom is -0.353 e. The molecule has 0 atom stereocenters. The standard InChI is InChI=1S/C11H16N6/c1-2-17-8-9(7-15-17)10-3-5-13-11(16-10)14-6-4-12/h3,5,7-8H,2,4,6,12H2,1H3,(H,13,14,16). The maximum atomic E-state index is 5.42. The lowest BCUT2D eigenvalue weighted by molar-refractivity contribution is 0.660. The second-order valence-corrected chi connectivity index (χ2v) is 3.57. The van der Waals surface area contributed by atoms with E-state index in [4.69, 9.17) is 5.73 Å². The highest BCUT2D eigenvalue weighted by atomic mass is 15.3. The fourth-order valence-electron chi connectivity index (χ4n) is 1.46. The van der Waals surface area contributed by atoms with Crippen LogP contribution in [0.2, 0.25) is 0 Å². The molecule has 6 nitrogen and oxygen atoms in total. The van der Waals surface area contributed by atoms with Crippen molar-refractivity contribution in [3.05, 3.63) is 24.7 Å². The maximum Gasteiger partial charge on any atom is 0.223 e. The van der Waals surface area contributed by atoms with E-state index in [1.54, 1.807) is 12.4 Å². The summed E-state index contributed by atoms with van der Waals surface area (Å²) in [5, 5.41) is 7.27. The van der Waals surface area contributed by atoms with E-state index < -0.39 is 0 Å². The molecule has 2 rings (SSSR count). The van der Waals surface area contributed by atoms with Gasteiger partial charge in [0.2, 0.25) is 5.95 Å².